The normalized spacial score (nSPS) is 12.0. The first-order chi connectivity index (χ1) is 15.2. The van der Waals surface area contributed by atoms with Crippen molar-refractivity contribution in [1.29, 1.82) is 0 Å². The summed E-state index contributed by atoms with van der Waals surface area (Å²) in [7, 11) is 0. The molecule has 0 saturated carbocycles. The van der Waals surface area contributed by atoms with Crippen molar-refractivity contribution >= 4 is 46.8 Å². The minimum absolute atomic E-state index is 0.157. The molecule has 0 heterocycles. The summed E-state index contributed by atoms with van der Waals surface area (Å²) in [6.07, 6.45) is 0.477. The molecule has 0 aliphatic heterocycles. The number of nitrogens with zero attached hydrogens (tertiary/aromatic N) is 1. The van der Waals surface area contributed by atoms with Gasteiger partial charge in [-0.15, -0.1) is 11.8 Å². The largest absolute Gasteiger partial charge is 0.354 e. The third-order valence-corrected chi connectivity index (χ3v) is 6.39. The van der Waals surface area contributed by atoms with E-state index in [1.54, 1.807) is 29.2 Å². The maximum Gasteiger partial charge on any atom is 0.242 e. The van der Waals surface area contributed by atoms with Crippen molar-refractivity contribution in [3.63, 3.8) is 0 Å². The lowest BCUT2D eigenvalue weighted by molar-refractivity contribution is -0.139. The van der Waals surface area contributed by atoms with Gasteiger partial charge in [0.15, 0.2) is 0 Å². The van der Waals surface area contributed by atoms with Gasteiger partial charge in [-0.25, -0.2) is 4.39 Å². The SMILES string of the molecule is CC[C@H](C(=O)NCC(C)C)N(Cc1ccc(F)cc1)C(=O)CSCc1ccc(Cl)cc1Cl. The maximum absolute atomic E-state index is 13.3. The van der Waals surface area contributed by atoms with Gasteiger partial charge in [0.25, 0.3) is 0 Å². The van der Waals surface area contributed by atoms with E-state index in [2.05, 4.69) is 5.32 Å². The number of carbonyl (C=O) groups excluding carboxylic acids is 2. The highest BCUT2D eigenvalue weighted by atomic mass is 35.5. The first kappa shape index (κ1) is 26.5. The number of hydrogen-bond donors (Lipinski definition) is 1. The average molecular weight is 499 g/mol. The quantitative estimate of drug-likeness (QED) is 0.416. The third kappa shape index (κ3) is 8.30. The molecule has 0 aliphatic carbocycles. The minimum atomic E-state index is -0.606. The predicted molar refractivity (Wildman–Crippen MR) is 132 cm³/mol. The van der Waals surface area contributed by atoms with Crippen LogP contribution in [0.1, 0.15) is 38.3 Å². The first-order valence-electron chi connectivity index (χ1n) is 10.5. The topological polar surface area (TPSA) is 49.4 Å². The molecule has 1 N–H and O–H groups in total. The van der Waals surface area contributed by atoms with Crippen LogP contribution in [-0.2, 0) is 21.9 Å². The molecule has 2 aromatic rings. The highest BCUT2D eigenvalue weighted by Crippen LogP contribution is 2.25. The van der Waals surface area contributed by atoms with E-state index in [4.69, 9.17) is 23.2 Å². The summed E-state index contributed by atoms with van der Waals surface area (Å²) in [4.78, 5) is 27.6. The van der Waals surface area contributed by atoms with Gasteiger partial charge in [0, 0.05) is 28.9 Å². The van der Waals surface area contributed by atoms with Crippen molar-refractivity contribution in [3.8, 4) is 0 Å². The fourth-order valence-electron chi connectivity index (χ4n) is 3.10. The highest BCUT2D eigenvalue weighted by molar-refractivity contribution is 7.99. The molecule has 1 atom stereocenters. The number of carbonyl (C=O) groups is 2. The summed E-state index contributed by atoms with van der Waals surface area (Å²) < 4.78 is 13.3. The van der Waals surface area contributed by atoms with E-state index >= 15 is 0 Å². The molecule has 174 valence electrons. The van der Waals surface area contributed by atoms with Gasteiger partial charge in [0.1, 0.15) is 11.9 Å². The minimum Gasteiger partial charge on any atom is -0.354 e. The van der Waals surface area contributed by atoms with E-state index in [1.807, 2.05) is 26.8 Å². The van der Waals surface area contributed by atoms with Crippen LogP contribution in [0, 0.1) is 11.7 Å². The standard InChI is InChI=1S/C24H29Cl2FN2O2S/c1-4-22(24(31)28-12-16(2)3)29(13-17-5-9-20(27)10-6-17)23(30)15-32-14-18-7-8-19(25)11-21(18)26/h5-11,16,22H,4,12-15H2,1-3H3,(H,28,31)/t22-/m1/s1. The molecular weight excluding hydrogens is 470 g/mol. The summed E-state index contributed by atoms with van der Waals surface area (Å²) in [6.45, 7) is 6.68. The van der Waals surface area contributed by atoms with Crippen LogP contribution in [0.25, 0.3) is 0 Å². The van der Waals surface area contributed by atoms with Gasteiger partial charge in [-0.1, -0.05) is 62.2 Å². The Morgan fingerprint density at radius 3 is 2.41 bits per heavy atom. The summed E-state index contributed by atoms with van der Waals surface area (Å²) in [5.74, 6) is 0.357. The van der Waals surface area contributed by atoms with Crippen LogP contribution in [0.3, 0.4) is 0 Å². The fraction of sp³-hybridized carbons (Fsp3) is 0.417. The Hall–Kier alpha value is -1.76. The molecule has 0 unspecified atom stereocenters. The molecule has 0 aliphatic rings. The summed E-state index contributed by atoms with van der Waals surface area (Å²) in [5.41, 5.74) is 1.65. The summed E-state index contributed by atoms with van der Waals surface area (Å²) in [6, 6.07) is 10.7. The number of nitrogens with one attached hydrogen (secondary N) is 1. The molecule has 0 saturated heterocycles. The molecule has 2 amide bonds. The van der Waals surface area contributed by atoms with E-state index in [-0.39, 0.29) is 29.9 Å². The van der Waals surface area contributed by atoms with Crippen molar-refractivity contribution in [2.24, 2.45) is 5.92 Å². The second-order valence-corrected chi connectivity index (χ2v) is 9.77. The Morgan fingerprint density at radius 1 is 1.12 bits per heavy atom. The molecule has 2 rings (SSSR count). The average Bonchev–Trinajstić information content (AvgIpc) is 2.74. The number of amides is 2. The van der Waals surface area contributed by atoms with Crippen LogP contribution >= 0.6 is 35.0 Å². The zero-order chi connectivity index (χ0) is 23.7. The lowest BCUT2D eigenvalue weighted by Crippen LogP contribution is -2.50. The Labute approximate surface area is 203 Å². The molecule has 32 heavy (non-hydrogen) atoms. The lowest BCUT2D eigenvalue weighted by atomic mass is 10.1. The monoisotopic (exact) mass is 498 g/mol. The van der Waals surface area contributed by atoms with Crippen LogP contribution in [-0.4, -0.2) is 35.1 Å². The van der Waals surface area contributed by atoms with Crippen molar-refractivity contribution in [1.82, 2.24) is 10.2 Å². The zero-order valence-corrected chi connectivity index (χ0v) is 20.9. The van der Waals surface area contributed by atoms with Gasteiger partial charge in [0.05, 0.1) is 5.75 Å². The van der Waals surface area contributed by atoms with Gasteiger partial charge in [-0.05, 0) is 47.7 Å². The Bertz CT molecular complexity index is 909. The molecule has 0 bridgehead atoms. The Kier molecular flexibility index (Phi) is 10.8. The van der Waals surface area contributed by atoms with Crippen LogP contribution in [0.5, 0.6) is 0 Å². The Morgan fingerprint density at radius 2 is 1.81 bits per heavy atom. The maximum atomic E-state index is 13.3. The molecule has 4 nitrogen and oxygen atoms in total. The molecule has 0 fully saturated rings. The van der Waals surface area contributed by atoms with Crippen LogP contribution in [0.2, 0.25) is 10.0 Å². The summed E-state index contributed by atoms with van der Waals surface area (Å²) in [5, 5.41) is 4.04. The second kappa shape index (κ2) is 13.1. The van der Waals surface area contributed by atoms with E-state index in [0.29, 0.717) is 34.7 Å². The van der Waals surface area contributed by atoms with Gasteiger partial charge in [-0.2, -0.15) is 0 Å². The second-order valence-electron chi connectivity index (χ2n) is 7.94. The third-order valence-electron chi connectivity index (χ3n) is 4.83. The Balaban J connectivity index is 2.12. The molecular formula is C24H29Cl2FN2O2S. The summed E-state index contributed by atoms with van der Waals surface area (Å²) >= 11 is 13.6. The highest BCUT2D eigenvalue weighted by Gasteiger charge is 2.28. The van der Waals surface area contributed by atoms with Crippen LogP contribution in [0.15, 0.2) is 42.5 Å². The predicted octanol–water partition coefficient (Wildman–Crippen LogP) is 5.95. The zero-order valence-electron chi connectivity index (χ0n) is 18.5. The molecule has 8 heteroatoms. The number of rotatable bonds is 11. The number of benzene rings is 2. The molecule has 0 spiro atoms. The van der Waals surface area contributed by atoms with Crippen molar-refractivity contribution in [2.45, 2.75) is 45.5 Å². The number of hydrogen-bond acceptors (Lipinski definition) is 3. The van der Waals surface area contributed by atoms with Gasteiger partial charge in [0.2, 0.25) is 11.8 Å². The molecule has 0 radical (unpaired) electrons. The number of thioether (sulfide) groups is 1. The van der Waals surface area contributed by atoms with Crippen LogP contribution in [0.4, 0.5) is 4.39 Å². The smallest absolute Gasteiger partial charge is 0.242 e. The van der Waals surface area contributed by atoms with E-state index < -0.39 is 6.04 Å². The first-order valence-corrected chi connectivity index (χ1v) is 12.5. The molecule has 2 aromatic carbocycles. The van der Waals surface area contributed by atoms with Gasteiger partial charge in [-0.3, -0.25) is 9.59 Å². The lowest BCUT2D eigenvalue weighted by Gasteiger charge is -2.31. The van der Waals surface area contributed by atoms with Gasteiger partial charge < -0.3 is 10.2 Å². The van der Waals surface area contributed by atoms with Gasteiger partial charge >= 0.3 is 0 Å². The number of halogens is 3. The van der Waals surface area contributed by atoms with E-state index in [1.165, 1.54) is 23.9 Å². The van der Waals surface area contributed by atoms with E-state index in [0.717, 1.165) is 11.1 Å². The van der Waals surface area contributed by atoms with Crippen molar-refractivity contribution in [2.75, 3.05) is 12.3 Å². The fourth-order valence-corrected chi connectivity index (χ4v) is 4.57. The van der Waals surface area contributed by atoms with Crippen LogP contribution < -0.4 is 5.32 Å². The molecule has 0 aromatic heterocycles. The van der Waals surface area contributed by atoms with Crippen molar-refractivity contribution in [3.05, 3.63) is 69.5 Å². The van der Waals surface area contributed by atoms with Crippen molar-refractivity contribution < 1.29 is 14.0 Å². The van der Waals surface area contributed by atoms with E-state index in [9.17, 15) is 14.0 Å².